The Bertz CT molecular complexity index is 1250. The molecule has 0 radical (unpaired) electrons. The Morgan fingerprint density at radius 2 is 1.93 bits per heavy atom. The van der Waals surface area contributed by atoms with Crippen LogP contribution in [0.4, 0.5) is 5.69 Å². The molecule has 0 atom stereocenters. The predicted molar refractivity (Wildman–Crippen MR) is 108 cm³/mol. The minimum Gasteiger partial charge on any atom is -0.454 e. The van der Waals surface area contributed by atoms with E-state index in [1.165, 1.54) is 23.0 Å². The minimum absolute atomic E-state index is 0.0998. The molecule has 0 bridgehead atoms. The number of hydrogen-bond acceptors (Lipinski definition) is 4. The molecule has 0 aliphatic carbocycles. The summed E-state index contributed by atoms with van der Waals surface area (Å²) >= 11 is 11.9. The monoisotopic (exact) mass is 413 g/mol. The molecule has 0 aliphatic rings. The van der Waals surface area contributed by atoms with Crippen molar-refractivity contribution in [1.82, 2.24) is 9.55 Å². The Morgan fingerprint density at radius 3 is 2.75 bits per heavy atom. The zero-order valence-electron chi connectivity index (χ0n) is 14.4. The quantitative estimate of drug-likeness (QED) is 0.530. The number of nitrogens with zero attached hydrogens (tertiary/aromatic N) is 2. The molecule has 2 aromatic carbocycles. The maximum absolute atomic E-state index is 12.6. The Morgan fingerprint density at radius 1 is 1.11 bits per heavy atom. The van der Waals surface area contributed by atoms with Crippen molar-refractivity contribution in [3.05, 3.63) is 92.8 Å². The molecule has 2 aromatic heterocycles. The summed E-state index contributed by atoms with van der Waals surface area (Å²) in [7, 11) is 0. The average molecular weight is 414 g/mol. The number of hydrogen-bond donors (Lipinski definition) is 1. The number of aromatic nitrogens is 2. The molecule has 4 aromatic rings. The highest BCUT2D eigenvalue weighted by atomic mass is 35.5. The van der Waals surface area contributed by atoms with E-state index < -0.39 is 5.91 Å². The van der Waals surface area contributed by atoms with Crippen LogP contribution in [0.25, 0.3) is 10.9 Å². The maximum Gasteiger partial charge on any atom is 0.291 e. The van der Waals surface area contributed by atoms with Gasteiger partial charge < -0.3 is 9.73 Å². The predicted octanol–water partition coefficient (Wildman–Crippen LogP) is 4.60. The lowest BCUT2D eigenvalue weighted by atomic mass is 10.2. The number of nitrogens with one attached hydrogen (secondary N) is 1. The first kappa shape index (κ1) is 18.3. The molecule has 0 unspecified atom stereocenters. The number of halogens is 2. The van der Waals surface area contributed by atoms with Gasteiger partial charge in [0.25, 0.3) is 11.5 Å². The van der Waals surface area contributed by atoms with Crippen LogP contribution in [0.1, 0.15) is 16.3 Å². The molecule has 4 rings (SSSR count). The number of amides is 1. The number of fused-ring (bicyclic) bond motifs is 1. The third-order valence-corrected chi connectivity index (χ3v) is 4.67. The fraction of sp³-hybridized carbons (Fsp3) is 0.0500. The van der Waals surface area contributed by atoms with Crippen molar-refractivity contribution in [1.29, 1.82) is 0 Å². The molecule has 140 valence electrons. The molecule has 8 heteroatoms. The Kier molecular flexibility index (Phi) is 4.90. The number of anilines is 1. The molecule has 2 heterocycles. The molecule has 6 nitrogen and oxygen atoms in total. The number of benzene rings is 2. The first-order valence-corrected chi connectivity index (χ1v) is 9.06. The summed E-state index contributed by atoms with van der Waals surface area (Å²) in [5, 5.41) is 3.97. The molecule has 0 spiro atoms. The van der Waals surface area contributed by atoms with E-state index in [1.54, 1.807) is 36.4 Å². The zero-order chi connectivity index (χ0) is 19.7. The van der Waals surface area contributed by atoms with Gasteiger partial charge in [0.1, 0.15) is 5.76 Å². The van der Waals surface area contributed by atoms with Gasteiger partial charge in [0.15, 0.2) is 5.76 Å². The van der Waals surface area contributed by atoms with Gasteiger partial charge in [-0.2, -0.15) is 0 Å². The number of carbonyl (C=O) groups is 1. The Balaban J connectivity index is 1.54. The van der Waals surface area contributed by atoms with Crippen molar-refractivity contribution in [3.63, 3.8) is 0 Å². The van der Waals surface area contributed by atoms with E-state index in [1.807, 2.05) is 6.07 Å². The van der Waals surface area contributed by atoms with E-state index in [0.717, 1.165) is 0 Å². The Labute approximate surface area is 169 Å². The minimum atomic E-state index is -0.459. The molecule has 1 N–H and O–H groups in total. The van der Waals surface area contributed by atoms with E-state index in [4.69, 9.17) is 27.6 Å². The molecule has 28 heavy (non-hydrogen) atoms. The lowest BCUT2D eigenvalue weighted by Gasteiger charge is -2.06. The van der Waals surface area contributed by atoms with Crippen molar-refractivity contribution in [2.75, 3.05) is 5.32 Å². The van der Waals surface area contributed by atoms with Crippen LogP contribution in [-0.4, -0.2) is 15.5 Å². The molecule has 0 aliphatic heterocycles. The highest BCUT2D eigenvalue weighted by Gasteiger charge is 2.14. The first-order chi connectivity index (χ1) is 13.5. The second-order valence-electron chi connectivity index (χ2n) is 6.04. The highest BCUT2D eigenvalue weighted by molar-refractivity contribution is 6.36. The molecule has 1 amide bonds. The van der Waals surface area contributed by atoms with Crippen molar-refractivity contribution < 1.29 is 9.21 Å². The van der Waals surface area contributed by atoms with Gasteiger partial charge in [0.2, 0.25) is 0 Å². The normalized spacial score (nSPS) is 10.9. The van der Waals surface area contributed by atoms with Crippen LogP contribution in [0.5, 0.6) is 0 Å². The summed E-state index contributed by atoms with van der Waals surface area (Å²) in [5.41, 5.74) is 0.869. The Hall–Kier alpha value is -3.09. The van der Waals surface area contributed by atoms with Gasteiger partial charge in [0, 0.05) is 5.02 Å². The zero-order valence-corrected chi connectivity index (χ0v) is 15.9. The fourth-order valence-corrected chi connectivity index (χ4v) is 3.20. The van der Waals surface area contributed by atoms with E-state index in [9.17, 15) is 9.59 Å². The van der Waals surface area contributed by atoms with Gasteiger partial charge >= 0.3 is 0 Å². The number of furan rings is 1. The third kappa shape index (κ3) is 3.65. The van der Waals surface area contributed by atoms with E-state index in [2.05, 4.69) is 10.3 Å². The lowest BCUT2D eigenvalue weighted by molar-refractivity contribution is 0.0994. The topological polar surface area (TPSA) is 77.1 Å². The first-order valence-electron chi connectivity index (χ1n) is 8.30. The van der Waals surface area contributed by atoms with Crippen LogP contribution < -0.4 is 10.9 Å². The van der Waals surface area contributed by atoms with Gasteiger partial charge in [-0.3, -0.25) is 14.2 Å². The van der Waals surface area contributed by atoms with Crippen molar-refractivity contribution in [2.45, 2.75) is 6.54 Å². The van der Waals surface area contributed by atoms with Crippen LogP contribution in [0.3, 0.4) is 0 Å². The van der Waals surface area contributed by atoms with Crippen molar-refractivity contribution in [2.24, 2.45) is 0 Å². The van der Waals surface area contributed by atoms with Crippen LogP contribution in [0, 0.1) is 0 Å². The molecule has 0 fully saturated rings. The van der Waals surface area contributed by atoms with Crippen molar-refractivity contribution in [3.8, 4) is 0 Å². The molecule has 0 saturated heterocycles. The van der Waals surface area contributed by atoms with E-state index in [-0.39, 0.29) is 17.9 Å². The third-order valence-electron chi connectivity index (χ3n) is 4.12. The van der Waals surface area contributed by atoms with Gasteiger partial charge in [0.05, 0.1) is 34.5 Å². The fourth-order valence-electron chi connectivity index (χ4n) is 2.75. The smallest absolute Gasteiger partial charge is 0.291 e. The molecule has 0 saturated carbocycles. The van der Waals surface area contributed by atoms with Gasteiger partial charge in [-0.15, -0.1) is 0 Å². The van der Waals surface area contributed by atoms with Crippen LogP contribution in [-0.2, 0) is 6.54 Å². The van der Waals surface area contributed by atoms with E-state index >= 15 is 0 Å². The summed E-state index contributed by atoms with van der Waals surface area (Å²) < 4.78 is 7.01. The number of para-hydroxylation sites is 1. The van der Waals surface area contributed by atoms with Gasteiger partial charge in [-0.1, -0.05) is 35.3 Å². The molecular weight excluding hydrogens is 401 g/mol. The van der Waals surface area contributed by atoms with Gasteiger partial charge in [-0.05, 0) is 42.5 Å². The SMILES string of the molecule is O=C(Nc1ccc(Cl)cc1Cl)c1ccc(Cn2cnc3ccccc3c2=O)o1. The highest BCUT2D eigenvalue weighted by Crippen LogP contribution is 2.26. The lowest BCUT2D eigenvalue weighted by Crippen LogP contribution is -2.20. The van der Waals surface area contributed by atoms with Crippen LogP contribution >= 0.6 is 23.2 Å². The summed E-state index contributed by atoms with van der Waals surface area (Å²) in [4.78, 5) is 29.2. The average Bonchev–Trinajstić information content (AvgIpc) is 3.15. The van der Waals surface area contributed by atoms with Crippen LogP contribution in [0.15, 0.2) is 70.1 Å². The summed E-state index contributed by atoms with van der Waals surface area (Å²) in [6, 6.07) is 15.0. The largest absolute Gasteiger partial charge is 0.454 e. The maximum atomic E-state index is 12.6. The second kappa shape index (κ2) is 7.50. The summed E-state index contributed by atoms with van der Waals surface area (Å²) in [6.45, 7) is 0.158. The van der Waals surface area contributed by atoms with Gasteiger partial charge in [-0.25, -0.2) is 4.98 Å². The van der Waals surface area contributed by atoms with Crippen molar-refractivity contribution >= 4 is 45.7 Å². The summed E-state index contributed by atoms with van der Waals surface area (Å²) in [6.07, 6.45) is 1.46. The van der Waals surface area contributed by atoms with E-state index in [0.29, 0.717) is 32.4 Å². The second-order valence-corrected chi connectivity index (χ2v) is 6.88. The number of rotatable bonds is 4. The summed E-state index contributed by atoms with van der Waals surface area (Å²) in [5.74, 6) is 0.0915. The number of carbonyl (C=O) groups excluding carboxylic acids is 1. The van der Waals surface area contributed by atoms with Crippen LogP contribution in [0.2, 0.25) is 10.0 Å². The molecular formula is C20H13Cl2N3O3. The standard InChI is InChI=1S/C20H13Cl2N3O3/c21-12-5-7-17(15(22)9-12)24-19(26)18-8-6-13(28-18)10-25-11-23-16-4-2-1-3-14(16)20(25)27/h1-9,11H,10H2,(H,24,26).